The highest BCUT2D eigenvalue weighted by molar-refractivity contribution is 6.20. The Morgan fingerprint density at radius 1 is 1.04 bits per heavy atom. The molecule has 0 fully saturated rings. The lowest BCUT2D eigenvalue weighted by Crippen LogP contribution is -2.34. The number of carbonyl (C=O) groups excluding carboxylic acids is 3. The molecule has 7 nitrogen and oxygen atoms in total. The van der Waals surface area contributed by atoms with E-state index in [0.29, 0.717) is 16.6 Å². The molecule has 0 saturated heterocycles. The van der Waals surface area contributed by atoms with Gasteiger partial charge >= 0.3 is 5.97 Å². The van der Waals surface area contributed by atoms with E-state index in [-0.39, 0.29) is 11.1 Å². The number of rotatable bonds is 5. The van der Waals surface area contributed by atoms with E-state index < -0.39 is 24.4 Å². The molecule has 2 aromatic carbocycles. The Balaban J connectivity index is 1.61. The normalized spacial score (nSPS) is 12.8. The monoisotopic (exact) mass is 341 g/mol. The van der Waals surface area contributed by atoms with Crippen LogP contribution < -0.4 is 9.47 Å². The number of fused-ring (bicyclic) bond motifs is 1. The summed E-state index contributed by atoms with van der Waals surface area (Å²) in [6.07, 6.45) is 0. The van der Waals surface area contributed by atoms with E-state index in [2.05, 4.69) is 0 Å². The van der Waals surface area contributed by atoms with Crippen molar-refractivity contribution in [2.24, 2.45) is 0 Å². The number of hydrogen-bond donors (Lipinski definition) is 0. The van der Waals surface area contributed by atoms with Crippen LogP contribution in [0.5, 0.6) is 11.5 Å². The van der Waals surface area contributed by atoms with Gasteiger partial charge < -0.3 is 14.3 Å². The average molecular weight is 341 g/mol. The molecule has 0 radical (unpaired) electrons. The maximum absolute atomic E-state index is 12.1. The van der Waals surface area contributed by atoms with Crippen molar-refractivity contribution in [3.05, 3.63) is 59.2 Å². The van der Waals surface area contributed by atoms with Crippen LogP contribution in [0.4, 0.5) is 0 Å². The van der Waals surface area contributed by atoms with Gasteiger partial charge in [0, 0.05) is 0 Å². The van der Waals surface area contributed by atoms with E-state index >= 15 is 0 Å². The standard InChI is InChI=1S/C18H15NO6/c1-11-9-12(7-8-15(11)23-2)24-10-16(20)25-19-17(21)13-5-3-4-6-14(13)18(19)22/h3-9H,10H2,1-2H3. The van der Waals surface area contributed by atoms with Gasteiger partial charge in [0.05, 0.1) is 18.2 Å². The molecule has 25 heavy (non-hydrogen) atoms. The van der Waals surface area contributed by atoms with E-state index in [1.54, 1.807) is 37.4 Å². The Morgan fingerprint density at radius 3 is 2.24 bits per heavy atom. The molecule has 1 aliphatic rings. The summed E-state index contributed by atoms with van der Waals surface area (Å²) >= 11 is 0. The smallest absolute Gasteiger partial charge is 0.370 e. The van der Waals surface area contributed by atoms with Crippen molar-refractivity contribution >= 4 is 17.8 Å². The van der Waals surface area contributed by atoms with Crippen LogP contribution in [0.3, 0.4) is 0 Å². The molecule has 2 amide bonds. The molecule has 3 rings (SSSR count). The van der Waals surface area contributed by atoms with Gasteiger partial charge in [-0.2, -0.15) is 0 Å². The molecule has 0 unspecified atom stereocenters. The molecular formula is C18H15NO6. The van der Waals surface area contributed by atoms with Crippen molar-refractivity contribution in [3.8, 4) is 11.5 Å². The summed E-state index contributed by atoms with van der Waals surface area (Å²) in [5.41, 5.74) is 1.24. The van der Waals surface area contributed by atoms with Gasteiger partial charge in [0.25, 0.3) is 11.8 Å². The zero-order valence-electron chi connectivity index (χ0n) is 13.6. The zero-order valence-corrected chi connectivity index (χ0v) is 13.6. The highest BCUT2D eigenvalue weighted by Gasteiger charge is 2.38. The van der Waals surface area contributed by atoms with Crippen LogP contribution in [-0.4, -0.2) is 36.6 Å². The van der Waals surface area contributed by atoms with Crippen LogP contribution in [-0.2, 0) is 9.63 Å². The lowest BCUT2D eigenvalue weighted by Gasteiger charge is -2.13. The van der Waals surface area contributed by atoms with Gasteiger partial charge in [-0.05, 0) is 42.8 Å². The number of carbonyl (C=O) groups is 3. The molecule has 0 aromatic heterocycles. The fraction of sp³-hybridized carbons (Fsp3) is 0.167. The van der Waals surface area contributed by atoms with E-state index in [9.17, 15) is 14.4 Å². The van der Waals surface area contributed by atoms with E-state index in [0.717, 1.165) is 5.56 Å². The second-order valence-corrected chi connectivity index (χ2v) is 5.33. The first-order valence-corrected chi connectivity index (χ1v) is 7.47. The molecule has 0 atom stereocenters. The molecule has 0 bridgehead atoms. The van der Waals surface area contributed by atoms with Crippen molar-refractivity contribution in [1.29, 1.82) is 0 Å². The van der Waals surface area contributed by atoms with Crippen LogP contribution in [0.1, 0.15) is 26.3 Å². The topological polar surface area (TPSA) is 82.1 Å². The van der Waals surface area contributed by atoms with E-state index in [4.69, 9.17) is 14.3 Å². The van der Waals surface area contributed by atoms with Gasteiger partial charge in [-0.1, -0.05) is 17.2 Å². The predicted octanol–water partition coefficient (Wildman–Crippen LogP) is 2.14. The number of nitrogens with zero attached hydrogens (tertiary/aromatic N) is 1. The maximum Gasteiger partial charge on any atom is 0.370 e. The lowest BCUT2D eigenvalue weighted by molar-refractivity contribution is -0.170. The number of ether oxygens (including phenoxy) is 2. The number of methoxy groups -OCH3 is 1. The van der Waals surface area contributed by atoms with Crippen molar-refractivity contribution in [2.75, 3.05) is 13.7 Å². The number of aryl methyl sites for hydroxylation is 1. The lowest BCUT2D eigenvalue weighted by atomic mass is 10.1. The van der Waals surface area contributed by atoms with Gasteiger partial charge in [-0.3, -0.25) is 9.59 Å². The Kier molecular flexibility index (Phi) is 4.38. The van der Waals surface area contributed by atoms with Crippen LogP contribution in [0.15, 0.2) is 42.5 Å². The third kappa shape index (κ3) is 3.16. The van der Waals surface area contributed by atoms with Crippen molar-refractivity contribution in [3.63, 3.8) is 0 Å². The summed E-state index contributed by atoms with van der Waals surface area (Å²) in [4.78, 5) is 41.0. The largest absolute Gasteiger partial charge is 0.496 e. The third-order valence-electron chi connectivity index (χ3n) is 3.67. The highest BCUT2D eigenvalue weighted by Crippen LogP contribution is 2.24. The summed E-state index contributed by atoms with van der Waals surface area (Å²) in [7, 11) is 1.56. The minimum Gasteiger partial charge on any atom is -0.496 e. The minimum absolute atomic E-state index is 0.201. The van der Waals surface area contributed by atoms with E-state index in [1.165, 1.54) is 12.1 Å². The van der Waals surface area contributed by atoms with Crippen LogP contribution in [0.25, 0.3) is 0 Å². The Morgan fingerprint density at radius 2 is 1.68 bits per heavy atom. The quantitative estimate of drug-likeness (QED) is 0.775. The average Bonchev–Trinajstić information content (AvgIpc) is 2.85. The molecule has 0 N–H and O–H groups in total. The molecule has 0 aliphatic carbocycles. The molecule has 7 heteroatoms. The van der Waals surface area contributed by atoms with Crippen LogP contribution in [0, 0.1) is 6.92 Å². The van der Waals surface area contributed by atoms with Gasteiger partial charge in [-0.15, -0.1) is 0 Å². The molecular weight excluding hydrogens is 326 g/mol. The second-order valence-electron chi connectivity index (χ2n) is 5.33. The third-order valence-corrected chi connectivity index (χ3v) is 3.67. The molecule has 1 heterocycles. The number of hydroxylamine groups is 2. The first-order chi connectivity index (χ1) is 12.0. The van der Waals surface area contributed by atoms with Gasteiger partial charge in [0.2, 0.25) is 0 Å². The molecule has 2 aromatic rings. The number of hydrogen-bond acceptors (Lipinski definition) is 6. The fourth-order valence-electron chi connectivity index (χ4n) is 2.46. The number of benzene rings is 2. The highest BCUT2D eigenvalue weighted by atomic mass is 16.7. The van der Waals surface area contributed by atoms with Crippen LogP contribution in [0.2, 0.25) is 0 Å². The molecule has 0 saturated carbocycles. The number of imide groups is 1. The first kappa shape index (κ1) is 16.5. The Hall–Kier alpha value is -3.35. The second kappa shape index (κ2) is 6.64. The minimum atomic E-state index is -0.858. The summed E-state index contributed by atoms with van der Waals surface area (Å²) in [5, 5.41) is 0.454. The van der Waals surface area contributed by atoms with Gasteiger partial charge in [0.15, 0.2) is 6.61 Å². The van der Waals surface area contributed by atoms with Gasteiger partial charge in [-0.25, -0.2) is 4.79 Å². The Labute approximate surface area is 143 Å². The molecule has 0 spiro atoms. The maximum atomic E-state index is 12.1. The van der Waals surface area contributed by atoms with Crippen molar-refractivity contribution in [2.45, 2.75) is 6.92 Å². The summed E-state index contributed by atoms with van der Waals surface area (Å²) in [6, 6.07) is 11.3. The zero-order chi connectivity index (χ0) is 18.0. The summed E-state index contributed by atoms with van der Waals surface area (Å²) in [6.45, 7) is 1.39. The fourth-order valence-corrected chi connectivity index (χ4v) is 2.46. The summed E-state index contributed by atoms with van der Waals surface area (Å²) in [5.74, 6) is -1.06. The SMILES string of the molecule is COc1ccc(OCC(=O)ON2C(=O)c3ccccc3C2=O)cc1C. The summed E-state index contributed by atoms with van der Waals surface area (Å²) < 4.78 is 10.5. The molecule has 128 valence electrons. The van der Waals surface area contributed by atoms with Crippen LogP contribution >= 0.6 is 0 Å². The molecule has 1 aliphatic heterocycles. The predicted molar refractivity (Wildman–Crippen MR) is 86.3 cm³/mol. The van der Waals surface area contributed by atoms with Crippen molar-refractivity contribution < 1.29 is 28.7 Å². The first-order valence-electron chi connectivity index (χ1n) is 7.47. The number of amides is 2. The van der Waals surface area contributed by atoms with E-state index in [1.807, 2.05) is 6.92 Å². The van der Waals surface area contributed by atoms with Gasteiger partial charge in [0.1, 0.15) is 11.5 Å². The Bertz CT molecular complexity index is 825. The van der Waals surface area contributed by atoms with Crippen molar-refractivity contribution in [1.82, 2.24) is 5.06 Å².